The Bertz CT molecular complexity index is 53.3. The number of ether oxygens (including phenoxy) is 2. The van der Waals surface area contributed by atoms with Crippen molar-refractivity contribution in [3.05, 3.63) is 0 Å². The summed E-state index contributed by atoms with van der Waals surface area (Å²) in [5, 5.41) is 0. The number of hydrogen-bond acceptors (Lipinski definition) is 2. The maximum atomic E-state index is 4.94. The second kappa shape index (κ2) is 15.5. The first kappa shape index (κ1) is 19.6. The Labute approximate surface area is 104 Å². The van der Waals surface area contributed by atoms with Gasteiger partial charge in [-0.25, -0.2) is 0 Å². The van der Waals surface area contributed by atoms with Gasteiger partial charge in [0, 0.05) is 26.4 Å². The van der Waals surface area contributed by atoms with Crippen molar-refractivity contribution in [3.8, 4) is 0 Å². The van der Waals surface area contributed by atoms with Gasteiger partial charge in [-0.05, 0) is 25.7 Å². The molecule has 2 aliphatic rings. The zero-order valence-electron chi connectivity index (χ0n) is 7.64. The molecule has 0 atom stereocenters. The van der Waals surface area contributed by atoms with Crippen molar-refractivity contribution in [2.75, 3.05) is 26.4 Å². The minimum atomic E-state index is 0. The number of halogens is 2. The second-order valence-electron chi connectivity index (χ2n) is 2.64. The van der Waals surface area contributed by atoms with Crippen molar-refractivity contribution >= 4 is 0 Å². The van der Waals surface area contributed by atoms with E-state index in [4.69, 9.17) is 9.47 Å². The molecule has 0 amide bonds. The van der Waals surface area contributed by atoms with Crippen LogP contribution in [0.3, 0.4) is 0 Å². The van der Waals surface area contributed by atoms with Gasteiger partial charge in [0.2, 0.25) is 0 Å². The van der Waals surface area contributed by atoms with Crippen molar-refractivity contribution < 1.29 is 51.6 Å². The smallest absolute Gasteiger partial charge is 1.00 e. The van der Waals surface area contributed by atoms with E-state index >= 15 is 0 Å². The Morgan fingerprint density at radius 3 is 0.846 bits per heavy atom. The third kappa shape index (κ3) is 13.0. The van der Waals surface area contributed by atoms with Gasteiger partial charge in [0.1, 0.15) is 0 Å². The molecule has 0 unspecified atom stereocenters. The molecular formula is C8H16Cl2CrO2. The van der Waals surface area contributed by atoms with Crippen LogP contribution in [0.15, 0.2) is 0 Å². The van der Waals surface area contributed by atoms with E-state index in [0.717, 1.165) is 26.4 Å². The average Bonchev–Trinajstić information content (AvgIpc) is 2.67. The Morgan fingerprint density at radius 1 is 0.538 bits per heavy atom. The van der Waals surface area contributed by atoms with Crippen LogP contribution in [0.1, 0.15) is 25.7 Å². The second-order valence-corrected chi connectivity index (χ2v) is 2.64. The normalized spacial score (nSPS) is 18.5. The third-order valence-electron chi connectivity index (χ3n) is 1.65. The topological polar surface area (TPSA) is 18.5 Å². The van der Waals surface area contributed by atoms with E-state index < -0.39 is 0 Å². The van der Waals surface area contributed by atoms with E-state index in [1.54, 1.807) is 0 Å². The van der Waals surface area contributed by atoms with Gasteiger partial charge in [-0.1, -0.05) is 0 Å². The molecule has 0 aromatic rings. The standard InChI is InChI=1S/2C4H8O.2ClH.Cr/c2*1-2-4-5-3-1;;;/h2*1-4H2;2*1H;/q;;;;+2/p-2. The number of hydrogen-bond donors (Lipinski definition) is 0. The fourth-order valence-corrected chi connectivity index (χ4v) is 1.02. The predicted molar refractivity (Wildman–Crippen MR) is 40.1 cm³/mol. The summed E-state index contributed by atoms with van der Waals surface area (Å²) in [6.45, 7) is 4.00. The van der Waals surface area contributed by atoms with E-state index in [1.165, 1.54) is 25.7 Å². The average molecular weight is 267 g/mol. The van der Waals surface area contributed by atoms with Crippen LogP contribution in [0.2, 0.25) is 0 Å². The van der Waals surface area contributed by atoms with Crippen molar-refractivity contribution in [3.63, 3.8) is 0 Å². The minimum Gasteiger partial charge on any atom is -1.00 e. The van der Waals surface area contributed by atoms with Crippen LogP contribution in [0.4, 0.5) is 0 Å². The monoisotopic (exact) mass is 266 g/mol. The molecule has 2 aliphatic heterocycles. The van der Waals surface area contributed by atoms with Crippen LogP contribution in [0.5, 0.6) is 0 Å². The van der Waals surface area contributed by atoms with E-state index in [1.807, 2.05) is 0 Å². The van der Waals surface area contributed by atoms with E-state index in [0.29, 0.717) is 0 Å². The molecule has 0 aromatic carbocycles. The molecular weight excluding hydrogens is 251 g/mol. The summed E-state index contributed by atoms with van der Waals surface area (Å²) in [5.41, 5.74) is 0. The molecule has 2 heterocycles. The molecule has 0 bridgehead atoms. The van der Waals surface area contributed by atoms with Crippen LogP contribution < -0.4 is 24.8 Å². The molecule has 2 fully saturated rings. The molecule has 0 aliphatic carbocycles. The van der Waals surface area contributed by atoms with Gasteiger partial charge in [-0.3, -0.25) is 0 Å². The zero-order valence-corrected chi connectivity index (χ0v) is 10.4. The van der Waals surface area contributed by atoms with Crippen LogP contribution in [-0.2, 0) is 26.8 Å². The first-order valence-corrected chi connectivity index (χ1v) is 4.15. The zero-order chi connectivity index (χ0) is 7.07. The Balaban J connectivity index is -0.000000125. The largest absolute Gasteiger partial charge is 2.00 e. The van der Waals surface area contributed by atoms with Gasteiger partial charge in [0.15, 0.2) is 0 Å². The van der Waals surface area contributed by atoms with Crippen molar-refractivity contribution in [1.29, 1.82) is 0 Å². The molecule has 80 valence electrons. The van der Waals surface area contributed by atoms with Gasteiger partial charge >= 0.3 is 17.4 Å². The number of rotatable bonds is 0. The van der Waals surface area contributed by atoms with Gasteiger partial charge in [-0.15, -0.1) is 0 Å². The first-order chi connectivity index (χ1) is 5.00. The van der Waals surface area contributed by atoms with Gasteiger partial charge < -0.3 is 34.3 Å². The molecule has 2 saturated heterocycles. The summed E-state index contributed by atoms with van der Waals surface area (Å²) < 4.78 is 9.89. The summed E-state index contributed by atoms with van der Waals surface area (Å²) in [7, 11) is 0. The predicted octanol–water partition coefficient (Wildman–Crippen LogP) is -4.40. The summed E-state index contributed by atoms with van der Waals surface area (Å²) in [6.07, 6.45) is 5.11. The van der Waals surface area contributed by atoms with E-state index in [-0.39, 0.29) is 42.2 Å². The van der Waals surface area contributed by atoms with E-state index in [2.05, 4.69) is 0 Å². The fourth-order valence-electron chi connectivity index (χ4n) is 1.02. The molecule has 2 rings (SSSR count). The van der Waals surface area contributed by atoms with Crippen LogP contribution >= 0.6 is 0 Å². The van der Waals surface area contributed by atoms with Gasteiger partial charge in [0.25, 0.3) is 0 Å². The molecule has 5 heteroatoms. The summed E-state index contributed by atoms with van der Waals surface area (Å²) in [6, 6.07) is 0. The SMILES string of the molecule is C1CCOC1.C1CCOC1.[Cl-].[Cl-].[Cr+2]. The van der Waals surface area contributed by atoms with Crippen molar-refractivity contribution in [2.45, 2.75) is 25.7 Å². The van der Waals surface area contributed by atoms with Crippen molar-refractivity contribution in [1.82, 2.24) is 0 Å². The fraction of sp³-hybridized carbons (Fsp3) is 1.00. The molecule has 0 N–H and O–H groups in total. The molecule has 0 radical (unpaired) electrons. The quantitative estimate of drug-likeness (QED) is 0.441. The molecule has 0 aromatic heterocycles. The summed E-state index contributed by atoms with van der Waals surface area (Å²) >= 11 is 0. The maximum absolute atomic E-state index is 4.94. The molecule has 13 heavy (non-hydrogen) atoms. The Kier molecular flexibility index (Phi) is 23.4. The Hall–Kier alpha value is 1.03. The van der Waals surface area contributed by atoms with Crippen LogP contribution in [0, 0.1) is 0 Å². The first-order valence-electron chi connectivity index (χ1n) is 4.15. The van der Waals surface area contributed by atoms with Gasteiger partial charge in [0.05, 0.1) is 0 Å². The van der Waals surface area contributed by atoms with E-state index in [9.17, 15) is 0 Å². The third-order valence-corrected chi connectivity index (χ3v) is 1.65. The van der Waals surface area contributed by atoms with Crippen LogP contribution in [-0.4, -0.2) is 26.4 Å². The maximum Gasteiger partial charge on any atom is 2.00 e. The molecule has 0 spiro atoms. The molecule has 2 nitrogen and oxygen atoms in total. The molecule has 0 saturated carbocycles. The summed E-state index contributed by atoms with van der Waals surface area (Å²) in [5.74, 6) is 0. The van der Waals surface area contributed by atoms with Gasteiger partial charge in [-0.2, -0.15) is 0 Å². The Morgan fingerprint density at radius 2 is 0.769 bits per heavy atom. The van der Waals surface area contributed by atoms with Crippen LogP contribution in [0.25, 0.3) is 0 Å². The summed E-state index contributed by atoms with van der Waals surface area (Å²) in [4.78, 5) is 0. The van der Waals surface area contributed by atoms with Crippen molar-refractivity contribution in [2.24, 2.45) is 0 Å². The minimum absolute atomic E-state index is 0.